The number of allylic oxidation sites excluding steroid dienone is 4. The largest absolute Gasteiger partial charge is 0.368 e. The second-order valence-electron chi connectivity index (χ2n) is 2.06. The Bertz CT molecular complexity index is 226. The molecule has 0 amide bonds. The van der Waals surface area contributed by atoms with E-state index >= 15 is 0 Å². The maximum absolute atomic E-state index is 2.92. The molecule has 0 saturated carbocycles. The number of nitrogens with one attached hydrogen (secondary N) is 1. The zero-order valence-electron chi connectivity index (χ0n) is 6.68. The molecule has 62 valence electrons. The molecule has 0 aliphatic carbocycles. The van der Waals surface area contributed by atoms with E-state index in [1.165, 1.54) is 0 Å². The minimum absolute atomic E-state index is 1.71. The molecular weight excluding hydrogens is 166 g/mol. The molecule has 2 heterocycles. The second-order valence-corrected chi connectivity index (χ2v) is 2.88. The maximum atomic E-state index is 2.92. The molecule has 2 heteroatoms. The van der Waals surface area contributed by atoms with Crippen molar-refractivity contribution in [3.8, 4) is 0 Å². The summed E-state index contributed by atoms with van der Waals surface area (Å²) in [7, 11) is 0. The van der Waals surface area contributed by atoms with Crippen LogP contribution in [0.15, 0.2) is 59.6 Å². The Hall–Kier alpha value is -1.28. The van der Waals surface area contributed by atoms with Crippen molar-refractivity contribution < 1.29 is 0 Å². The van der Waals surface area contributed by atoms with E-state index in [0.29, 0.717) is 0 Å². The first kappa shape index (κ1) is 8.81. The summed E-state index contributed by atoms with van der Waals surface area (Å²) in [4.78, 5) is 0. The molecular formula is C10H11NS. The molecule has 2 rings (SSSR count). The zero-order chi connectivity index (χ0) is 8.49. The monoisotopic (exact) mass is 177 g/mol. The van der Waals surface area contributed by atoms with Crippen molar-refractivity contribution >= 4 is 11.3 Å². The molecule has 0 saturated heterocycles. The minimum Gasteiger partial charge on any atom is -0.368 e. The average Bonchev–Trinajstić information content (AvgIpc) is 2.54. The van der Waals surface area contributed by atoms with Crippen LogP contribution in [0.1, 0.15) is 0 Å². The van der Waals surface area contributed by atoms with Crippen molar-refractivity contribution in [2.45, 2.75) is 0 Å². The lowest BCUT2D eigenvalue weighted by atomic mass is 10.5. The molecule has 0 bridgehead atoms. The highest BCUT2D eigenvalue weighted by Crippen LogP contribution is 1.91. The minimum atomic E-state index is 1.71. The summed E-state index contributed by atoms with van der Waals surface area (Å²) in [6.07, 6.45) is 11.6. The van der Waals surface area contributed by atoms with Crippen LogP contribution in [-0.4, -0.2) is 0 Å². The van der Waals surface area contributed by atoms with Crippen molar-refractivity contribution in [2.24, 2.45) is 0 Å². The van der Waals surface area contributed by atoms with Crippen LogP contribution >= 0.6 is 11.3 Å². The quantitative estimate of drug-likeness (QED) is 0.642. The summed E-state index contributed by atoms with van der Waals surface area (Å²) in [5.41, 5.74) is 0. The zero-order valence-corrected chi connectivity index (χ0v) is 7.50. The second kappa shape index (κ2) is 6.43. The van der Waals surface area contributed by atoms with Gasteiger partial charge < -0.3 is 5.32 Å². The number of hydrogen-bond donors (Lipinski definition) is 1. The molecule has 1 nitrogen and oxygen atoms in total. The van der Waals surface area contributed by atoms with E-state index in [2.05, 4.69) is 5.32 Å². The molecule has 1 aromatic rings. The van der Waals surface area contributed by atoms with Crippen LogP contribution in [0.4, 0.5) is 0 Å². The molecule has 12 heavy (non-hydrogen) atoms. The van der Waals surface area contributed by atoms with Crippen LogP contribution < -0.4 is 5.32 Å². The number of hydrogen-bond acceptors (Lipinski definition) is 2. The Morgan fingerprint density at radius 2 is 1.33 bits per heavy atom. The van der Waals surface area contributed by atoms with Crippen LogP contribution in [0.2, 0.25) is 0 Å². The topological polar surface area (TPSA) is 12.0 Å². The number of rotatable bonds is 0. The van der Waals surface area contributed by atoms with Gasteiger partial charge in [0.05, 0.1) is 0 Å². The molecule has 1 N–H and O–H groups in total. The van der Waals surface area contributed by atoms with Gasteiger partial charge in [-0.25, -0.2) is 0 Å². The Labute approximate surface area is 76.7 Å². The normalized spacial score (nSPS) is 12.7. The summed E-state index contributed by atoms with van der Waals surface area (Å²) < 4.78 is 0. The molecule has 0 unspecified atom stereocenters. The molecule has 0 aromatic carbocycles. The Morgan fingerprint density at radius 3 is 1.75 bits per heavy atom. The highest BCUT2D eigenvalue weighted by atomic mass is 32.1. The molecule has 0 fully saturated rings. The number of thiophene rings is 1. The van der Waals surface area contributed by atoms with Gasteiger partial charge in [0, 0.05) is 12.4 Å². The van der Waals surface area contributed by atoms with Crippen molar-refractivity contribution in [1.82, 2.24) is 5.32 Å². The van der Waals surface area contributed by atoms with Gasteiger partial charge in [-0.15, -0.1) is 0 Å². The summed E-state index contributed by atoms with van der Waals surface area (Å²) >= 11 is 1.71. The van der Waals surface area contributed by atoms with E-state index in [9.17, 15) is 0 Å². The van der Waals surface area contributed by atoms with Crippen LogP contribution in [0, 0.1) is 0 Å². The van der Waals surface area contributed by atoms with Gasteiger partial charge in [-0.1, -0.05) is 24.3 Å². The third-order valence-electron chi connectivity index (χ3n) is 1.14. The van der Waals surface area contributed by atoms with Crippen LogP contribution in [0.3, 0.4) is 0 Å². The van der Waals surface area contributed by atoms with Gasteiger partial charge >= 0.3 is 0 Å². The van der Waals surface area contributed by atoms with Crippen molar-refractivity contribution in [3.63, 3.8) is 0 Å². The van der Waals surface area contributed by atoms with E-state index in [1.807, 2.05) is 59.6 Å². The first-order chi connectivity index (χ1) is 6.00. The van der Waals surface area contributed by atoms with E-state index in [1.54, 1.807) is 11.3 Å². The Kier molecular flexibility index (Phi) is 4.72. The fraction of sp³-hybridized carbons (Fsp3) is 0. The summed E-state index contributed by atoms with van der Waals surface area (Å²) in [5, 5.41) is 7.01. The molecule has 0 atom stereocenters. The predicted molar refractivity (Wildman–Crippen MR) is 54.9 cm³/mol. The van der Waals surface area contributed by atoms with E-state index in [0.717, 1.165) is 0 Å². The molecule has 0 spiro atoms. The molecule has 1 aromatic heterocycles. The molecule has 0 radical (unpaired) electrons. The average molecular weight is 177 g/mol. The van der Waals surface area contributed by atoms with Gasteiger partial charge in [0.1, 0.15) is 0 Å². The third kappa shape index (κ3) is 4.52. The molecule has 1 aliphatic rings. The van der Waals surface area contributed by atoms with Gasteiger partial charge in [-0.05, 0) is 22.9 Å². The van der Waals surface area contributed by atoms with Crippen LogP contribution in [0.25, 0.3) is 0 Å². The highest BCUT2D eigenvalue weighted by molar-refractivity contribution is 7.07. The maximum Gasteiger partial charge on any atom is 0.000442 e. The SMILES string of the molecule is C1=CC=CNC=C1.c1ccsc1. The lowest BCUT2D eigenvalue weighted by Gasteiger charge is -1.79. The summed E-state index contributed by atoms with van der Waals surface area (Å²) in [5.74, 6) is 0. The summed E-state index contributed by atoms with van der Waals surface area (Å²) in [6, 6.07) is 4.04. The summed E-state index contributed by atoms with van der Waals surface area (Å²) in [6.45, 7) is 0. The fourth-order valence-electron chi connectivity index (χ4n) is 0.633. The van der Waals surface area contributed by atoms with Gasteiger partial charge in [0.2, 0.25) is 0 Å². The first-order valence-corrected chi connectivity index (χ1v) is 4.66. The lowest BCUT2D eigenvalue weighted by molar-refractivity contribution is 1.20. The van der Waals surface area contributed by atoms with E-state index in [-0.39, 0.29) is 0 Å². The Balaban J connectivity index is 0.000000127. The van der Waals surface area contributed by atoms with Crippen LogP contribution in [0.5, 0.6) is 0 Å². The standard InChI is InChI=1S/C6H7N.C4H4S/c1-2-4-6-7-5-3-1;1-2-4-5-3-1/h1-7H;1-4H. The fourth-order valence-corrected chi connectivity index (χ4v) is 1.09. The molecule has 1 aliphatic heterocycles. The predicted octanol–water partition coefficient (Wildman–Crippen LogP) is 2.92. The first-order valence-electron chi connectivity index (χ1n) is 3.72. The van der Waals surface area contributed by atoms with Gasteiger partial charge in [0.15, 0.2) is 0 Å². The smallest absolute Gasteiger partial charge is 0.000442 e. The van der Waals surface area contributed by atoms with Crippen molar-refractivity contribution in [2.75, 3.05) is 0 Å². The van der Waals surface area contributed by atoms with Gasteiger partial charge in [0.25, 0.3) is 0 Å². The van der Waals surface area contributed by atoms with Crippen molar-refractivity contribution in [1.29, 1.82) is 0 Å². The van der Waals surface area contributed by atoms with E-state index in [4.69, 9.17) is 0 Å². The lowest BCUT2D eigenvalue weighted by Crippen LogP contribution is -1.87. The van der Waals surface area contributed by atoms with Gasteiger partial charge in [-0.2, -0.15) is 11.3 Å². The van der Waals surface area contributed by atoms with Crippen molar-refractivity contribution in [3.05, 3.63) is 59.6 Å². The Morgan fingerprint density at radius 1 is 0.750 bits per heavy atom. The van der Waals surface area contributed by atoms with Crippen LogP contribution in [-0.2, 0) is 0 Å². The highest BCUT2D eigenvalue weighted by Gasteiger charge is 1.67. The third-order valence-corrected chi connectivity index (χ3v) is 1.77. The van der Waals surface area contributed by atoms with E-state index < -0.39 is 0 Å². The van der Waals surface area contributed by atoms with Gasteiger partial charge in [-0.3, -0.25) is 0 Å².